The van der Waals surface area contributed by atoms with Gasteiger partial charge >= 0.3 is 6.18 Å². The molecule has 1 aliphatic heterocycles. The number of alkyl halides is 3. The van der Waals surface area contributed by atoms with Gasteiger partial charge in [0.05, 0.1) is 5.56 Å². The highest BCUT2D eigenvalue weighted by molar-refractivity contribution is 5.53. The number of fused-ring (bicyclic) bond motifs is 1. The van der Waals surface area contributed by atoms with E-state index in [1.807, 2.05) is 6.07 Å². The summed E-state index contributed by atoms with van der Waals surface area (Å²) in [4.78, 5) is 2.13. The number of hydrogen-bond donors (Lipinski definition) is 1. The van der Waals surface area contributed by atoms with Crippen molar-refractivity contribution in [3.63, 3.8) is 0 Å². The Bertz CT molecular complexity index is 501. The van der Waals surface area contributed by atoms with Gasteiger partial charge in [0, 0.05) is 25.3 Å². The van der Waals surface area contributed by atoms with E-state index in [2.05, 4.69) is 10.2 Å². The number of rotatable bonds is 3. The van der Waals surface area contributed by atoms with Crippen molar-refractivity contribution in [3.8, 4) is 0 Å². The second-order valence-electron chi connectivity index (χ2n) is 6.23. The summed E-state index contributed by atoms with van der Waals surface area (Å²) in [6.45, 7) is 2.06. The first-order valence-corrected chi connectivity index (χ1v) is 7.58. The fraction of sp³-hybridized carbons (Fsp3) is 0.625. The van der Waals surface area contributed by atoms with Crippen LogP contribution in [0.3, 0.4) is 0 Å². The van der Waals surface area contributed by atoms with Crippen molar-refractivity contribution in [2.75, 3.05) is 25.0 Å². The Balaban J connectivity index is 1.86. The summed E-state index contributed by atoms with van der Waals surface area (Å²) >= 11 is 0. The molecule has 1 saturated heterocycles. The Labute approximate surface area is 123 Å². The molecule has 1 N–H and O–H groups in total. The average molecular weight is 298 g/mol. The van der Waals surface area contributed by atoms with E-state index in [0.29, 0.717) is 17.4 Å². The first-order chi connectivity index (χ1) is 9.99. The van der Waals surface area contributed by atoms with Gasteiger partial charge in [0.15, 0.2) is 0 Å². The van der Waals surface area contributed by atoms with Gasteiger partial charge in [-0.05, 0) is 49.4 Å². The summed E-state index contributed by atoms with van der Waals surface area (Å²) in [7, 11) is 1.66. The Morgan fingerprint density at radius 1 is 1.19 bits per heavy atom. The molecule has 0 bridgehead atoms. The summed E-state index contributed by atoms with van der Waals surface area (Å²) in [5, 5.41) is 2.80. The minimum atomic E-state index is -4.29. The quantitative estimate of drug-likeness (QED) is 0.916. The molecule has 0 aromatic heterocycles. The lowest BCUT2D eigenvalue weighted by atomic mass is 10.0. The van der Waals surface area contributed by atoms with Gasteiger partial charge in [-0.3, -0.25) is 0 Å². The SMILES string of the molecule is CNCc1ccc(N2CC3CCCC3C2)cc1C(F)(F)F. The number of nitrogens with zero attached hydrogens (tertiary/aromatic N) is 1. The lowest BCUT2D eigenvalue weighted by Crippen LogP contribution is -2.22. The van der Waals surface area contributed by atoms with E-state index in [0.717, 1.165) is 18.8 Å². The molecule has 1 aromatic carbocycles. The van der Waals surface area contributed by atoms with Crippen molar-refractivity contribution >= 4 is 5.69 Å². The van der Waals surface area contributed by atoms with E-state index < -0.39 is 11.7 Å². The van der Waals surface area contributed by atoms with Gasteiger partial charge in [-0.2, -0.15) is 13.2 Å². The Morgan fingerprint density at radius 3 is 2.43 bits per heavy atom. The molecular weight excluding hydrogens is 277 g/mol. The maximum atomic E-state index is 13.2. The molecule has 3 rings (SSSR count). The molecule has 21 heavy (non-hydrogen) atoms. The van der Waals surface area contributed by atoms with Crippen LogP contribution in [0.15, 0.2) is 18.2 Å². The predicted octanol–water partition coefficient (Wildman–Crippen LogP) is 3.66. The van der Waals surface area contributed by atoms with Gasteiger partial charge in [0.25, 0.3) is 0 Å². The number of benzene rings is 1. The van der Waals surface area contributed by atoms with Crippen LogP contribution in [0.2, 0.25) is 0 Å². The zero-order valence-corrected chi connectivity index (χ0v) is 12.2. The van der Waals surface area contributed by atoms with Crippen LogP contribution in [-0.2, 0) is 12.7 Å². The molecule has 5 heteroatoms. The van der Waals surface area contributed by atoms with Crippen LogP contribution in [0.25, 0.3) is 0 Å². The second kappa shape index (κ2) is 5.52. The Kier molecular flexibility index (Phi) is 3.86. The van der Waals surface area contributed by atoms with Crippen LogP contribution < -0.4 is 10.2 Å². The number of nitrogens with one attached hydrogen (secondary N) is 1. The predicted molar refractivity (Wildman–Crippen MR) is 77.3 cm³/mol. The van der Waals surface area contributed by atoms with E-state index >= 15 is 0 Å². The summed E-state index contributed by atoms with van der Waals surface area (Å²) in [6, 6.07) is 4.78. The molecule has 2 nitrogen and oxygen atoms in total. The minimum Gasteiger partial charge on any atom is -0.371 e. The van der Waals surface area contributed by atoms with E-state index in [-0.39, 0.29) is 6.54 Å². The van der Waals surface area contributed by atoms with E-state index in [1.165, 1.54) is 25.3 Å². The van der Waals surface area contributed by atoms with Crippen molar-refractivity contribution < 1.29 is 13.2 Å². The van der Waals surface area contributed by atoms with Crippen LogP contribution in [0, 0.1) is 11.8 Å². The second-order valence-corrected chi connectivity index (χ2v) is 6.23. The molecule has 2 unspecified atom stereocenters. The standard InChI is InChI=1S/C16H21F3N2/c1-20-8-11-5-6-14(7-15(11)16(17,18)19)21-9-12-3-2-4-13(12)10-21/h5-7,12-13,20H,2-4,8-10H2,1H3. The maximum Gasteiger partial charge on any atom is 0.416 e. The number of hydrogen-bond acceptors (Lipinski definition) is 2. The molecular formula is C16H21F3N2. The average Bonchev–Trinajstić information content (AvgIpc) is 2.99. The van der Waals surface area contributed by atoms with Crippen LogP contribution in [0.1, 0.15) is 30.4 Å². The van der Waals surface area contributed by atoms with Gasteiger partial charge in [-0.15, -0.1) is 0 Å². The van der Waals surface area contributed by atoms with Crippen molar-refractivity contribution in [3.05, 3.63) is 29.3 Å². The fourth-order valence-electron chi connectivity index (χ4n) is 3.82. The summed E-state index contributed by atoms with van der Waals surface area (Å²) in [6.07, 6.45) is -0.563. The summed E-state index contributed by atoms with van der Waals surface area (Å²) in [5.74, 6) is 1.35. The zero-order valence-electron chi connectivity index (χ0n) is 12.2. The third-order valence-corrected chi connectivity index (χ3v) is 4.86. The van der Waals surface area contributed by atoms with Crippen molar-refractivity contribution in [1.82, 2.24) is 5.32 Å². The highest BCUT2D eigenvalue weighted by atomic mass is 19.4. The van der Waals surface area contributed by atoms with Crippen molar-refractivity contribution in [2.45, 2.75) is 32.0 Å². The van der Waals surface area contributed by atoms with E-state index in [1.54, 1.807) is 13.1 Å². The largest absolute Gasteiger partial charge is 0.416 e. The maximum absolute atomic E-state index is 13.2. The monoisotopic (exact) mass is 298 g/mol. The molecule has 1 saturated carbocycles. The van der Waals surface area contributed by atoms with Gasteiger partial charge in [0.2, 0.25) is 0 Å². The topological polar surface area (TPSA) is 15.3 Å². The molecule has 1 heterocycles. The van der Waals surface area contributed by atoms with Crippen molar-refractivity contribution in [2.24, 2.45) is 11.8 Å². The molecule has 2 aliphatic rings. The Morgan fingerprint density at radius 2 is 1.86 bits per heavy atom. The normalized spacial score (nSPS) is 25.4. The van der Waals surface area contributed by atoms with Crippen molar-refractivity contribution in [1.29, 1.82) is 0 Å². The number of anilines is 1. The zero-order chi connectivity index (χ0) is 15.0. The molecule has 0 spiro atoms. The lowest BCUT2D eigenvalue weighted by molar-refractivity contribution is -0.138. The van der Waals surface area contributed by atoms with E-state index in [9.17, 15) is 13.2 Å². The minimum absolute atomic E-state index is 0.236. The molecule has 2 atom stereocenters. The molecule has 1 aromatic rings. The summed E-state index contributed by atoms with van der Waals surface area (Å²) < 4.78 is 39.7. The summed E-state index contributed by atoms with van der Waals surface area (Å²) in [5.41, 5.74) is 0.524. The molecule has 116 valence electrons. The number of halogens is 3. The highest BCUT2D eigenvalue weighted by Gasteiger charge is 2.38. The van der Waals surface area contributed by atoms with Crippen LogP contribution in [-0.4, -0.2) is 20.1 Å². The van der Waals surface area contributed by atoms with Crippen LogP contribution in [0.5, 0.6) is 0 Å². The molecule has 1 aliphatic carbocycles. The van der Waals surface area contributed by atoms with Crippen LogP contribution >= 0.6 is 0 Å². The molecule has 0 amide bonds. The first-order valence-electron chi connectivity index (χ1n) is 7.58. The third kappa shape index (κ3) is 2.89. The van der Waals surface area contributed by atoms with Crippen LogP contribution in [0.4, 0.5) is 18.9 Å². The van der Waals surface area contributed by atoms with Gasteiger partial charge in [-0.25, -0.2) is 0 Å². The van der Waals surface area contributed by atoms with Gasteiger partial charge in [0.1, 0.15) is 0 Å². The molecule has 0 radical (unpaired) electrons. The highest BCUT2D eigenvalue weighted by Crippen LogP contribution is 2.41. The first kappa shape index (κ1) is 14.7. The fourth-order valence-corrected chi connectivity index (χ4v) is 3.82. The third-order valence-electron chi connectivity index (χ3n) is 4.86. The Hall–Kier alpha value is -1.23. The lowest BCUT2D eigenvalue weighted by Gasteiger charge is -2.22. The van der Waals surface area contributed by atoms with Gasteiger partial charge < -0.3 is 10.2 Å². The smallest absolute Gasteiger partial charge is 0.371 e. The molecule has 2 fully saturated rings. The van der Waals surface area contributed by atoms with Gasteiger partial charge in [-0.1, -0.05) is 12.5 Å². The van der Waals surface area contributed by atoms with E-state index in [4.69, 9.17) is 0 Å².